The van der Waals surface area contributed by atoms with Gasteiger partial charge in [0.1, 0.15) is 5.92 Å². The molecule has 9 heteroatoms. The van der Waals surface area contributed by atoms with Crippen molar-refractivity contribution in [3.63, 3.8) is 0 Å². The molecular weight excluding hydrogens is 403 g/mol. The van der Waals surface area contributed by atoms with E-state index in [0.717, 1.165) is 31.7 Å². The molecule has 0 radical (unpaired) electrons. The molecule has 0 aromatic heterocycles. The second-order valence-corrected chi connectivity index (χ2v) is 8.02. The van der Waals surface area contributed by atoms with Crippen molar-refractivity contribution in [1.29, 1.82) is 0 Å². The Balaban J connectivity index is 1.57. The number of nitrogens with zero attached hydrogens (tertiary/aromatic N) is 3. The first-order valence-corrected chi connectivity index (χ1v) is 10.1. The molecule has 0 spiro atoms. The molecule has 152 valence electrons. The fraction of sp³-hybridized carbons (Fsp3) is 0.526. The smallest absolute Gasteiger partial charge is 0.290 e. The monoisotopic (exact) mass is 426 g/mol. The van der Waals surface area contributed by atoms with E-state index in [1.54, 1.807) is 25.2 Å². The SMILES string of the molecule is CN(Cc1ccc(Cl)c(Cl)c1)C(=O)C1CN(CCN2CCNCC2)C(=O)C1=O. The summed E-state index contributed by atoms with van der Waals surface area (Å²) >= 11 is 11.9. The standard InChI is InChI=1S/C19H24Cl2N4O3/c1-23(11-13-2-3-15(20)16(21)10-13)18(27)14-12-25(19(28)17(14)26)9-8-24-6-4-22-5-7-24/h2-3,10,14,22H,4-9,11-12H2,1H3. The summed E-state index contributed by atoms with van der Waals surface area (Å²) in [4.78, 5) is 42.6. The van der Waals surface area contributed by atoms with Crippen LogP contribution in [0.15, 0.2) is 18.2 Å². The largest absolute Gasteiger partial charge is 0.341 e. The van der Waals surface area contributed by atoms with Crippen LogP contribution in [0.2, 0.25) is 10.0 Å². The van der Waals surface area contributed by atoms with Gasteiger partial charge in [-0.2, -0.15) is 0 Å². The minimum Gasteiger partial charge on any atom is -0.341 e. The molecule has 2 aliphatic rings. The molecule has 2 heterocycles. The van der Waals surface area contributed by atoms with Crippen molar-refractivity contribution in [3.8, 4) is 0 Å². The molecule has 1 atom stereocenters. The predicted octanol–water partition coefficient (Wildman–Crippen LogP) is 0.884. The number of hydrogen-bond donors (Lipinski definition) is 1. The van der Waals surface area contributed by atoms with Gasteiger partial charge in [0.2, 0.25) is 11.7 Å². The van der Waals surface area contributed by atoms with Crippen LogP contribution in [-0.4, -0.2) is 85.2 Å². The molecule has 2 aliphatic heterocycles. The van der Waals surface area contributed by atoms with E-state index in [1.807, 2.05) is 0 Å². The normalized spacial score (nSPS) is 20.7. The summed E-state index contributed by atoms with van der Waals surface area (Å²) < 4.78 is 0. The van der Waals surface area contributed by atoms with Crippen LogP contribution in [0.25, 0.3) is 0 Å². The van der Waals surface area contributed by atoms with Gasteiger partial charge in [0, 0.05) is 59.4 Å². The van der Waals surface area contributed by atoms with Gasteiger partial charge < -0.3 is 15.1 Å². The molecule has 0 aliphatic carbocycles. The molecule has 0 saturated carbocycles. The Kier molecular flexibility index (Phi) is 6.93. The van der Waals surface area contributed by atoms with Gasteiger partial charge in [-0.1, -0.05) is 29.3 Å². The number of Topliss-reactive ketones (excluding diaryl/α,β-unsaturated/α-hetero) is 1. The minimum absolute atomic E-state index is 0.147. The summed E-state index contributed by atoms with van der Waals surface area (Å²) in [7, 11) is 1.62. The molecular formula is C19H24Cl2N4O3. The van der Waals surface area contributed by atoms with Crippen LogP contribution < -0.4 is 5.32 Å². The average molecular weight is 427 g/mol. The maximum Gasteiger partial charge on any atom is 0.290 e. The number of nitrogens with one attached hydrogen (secondary N) is 1. The number of amides is 2. The van der Waals surface area contributed by atoms with E-state index >= 15 is 0 Å². The molecule has 1 aromatic carbocycles. The van der Waals surface area contributed by atoms with Crippen molar-refractivity contribution in [2.45, 2.75) is 6.54 Å². The molecule has 28 heavy (non-hydrogen) atoms. The molecule has 3 rings (SSSR count). The Bertz CT molecular complexity index is 768. The fourth-order valence-electron chi connectivity index (χ4n) is 3.53. The first-order chi connectivity index (χ1) is 13.4. The Morgan fingerprint density at radius 1 is 1.18 bits per heavy atom. The predicted molar refractivity (Wildman–Crippen MR) is 107 cm³/mol. The number of benzene rings is 1. The summed E-state index contributed by atoms with van der Waals surface area (Å²) in [5.41, 5.74) is 0.803. The summed E-state index contributed by atoms with van der Waals surface area (Å²) in [6.45, 7) is 5.30. The fourth-order valence-corrected chi connectivity index (χ4v) is 3.85. The first-order valence-electron chi connectivity index (χ1n) is 9.32. The Morgan fingerprint density at radius 2 is 1.89 bits per heavy atom. The molecule has 7 nitrogen and oxygen atoms in total. The van der Waals surface area contributed by atoms with Gasteiger partial charge in [-0.15, -0.1) is 0 Å². The highest BCUT2D eigenvalue weighted by atomic mass is 35.5. The van der Waals surface area contributed by atoms with E-state index in [1.165, 1.54) is 9.80 Å². The zero-order valence-electron chi connectivity index (χ0n) is 15.8. The lowest BCUT2D eigenvalue weighted by molar-refractivity contribution is -0.144. The van der Waals surface area contributed by atoms with E-state index in [0.29, 0.717) is 23.1 Å². The van der Waals surface area contributed by atoms with Crippen LogP contribution in [0.1, 0.15) is 5.56 Å². The second kappa shape index (κ2) is 9.22. The number of halogens is 2. The number of carbonyl (C=O) groups excluding carboxylic acids is 3. The van der Waals surface area contributed by atoms with Crippen LogP contribution in [0.4, 0.5) is 0 Å². The lowest BCUT2D eigenvalue weighted by atomic mass is 10.1. The van der Waals surface area contributed by atoms with Gasteiger partial charge in [0.15, 0.2) is 0 Å². The van der Waals surface area contributed by atoms with Gasteiger partial charge in [0.05, 0.1) is 10.0 Å². The van der Waals surface area contributed by atoms with Crippen molar-refractivity contribution in [2.75, 3.05) is 52.9 Å². The van der Waals surface area contributed by atoms with Gasteiger partial charge in [-0.3, -0.25) is 19.3 Å². The van der Waals surface area contributed by atoms with Crippen LogP contribution in [0.3, 0.4) is 0 Å². The van der Waals surface area contributed by atoms with Crippen LogP contribution in [0, 0.1) is 5.92 Å². The summed E-state index contributed by atoms with van der Waals surface area (Å²) in [5, 5.41) is 4.13. The van der Waals surface area contributed by atoms with Gasteiger partial charge in [-0.25, -0.2) is 0 Å². The highest BCUT2D eigenvalue weighted by Gasteiger charge is 2.44. The summed E-state index contributed by atoms with van der Waals surface area (Å²) in [6, 6.07) is 5.13. The van der Waals surface area contributed by atoms with Gasteiger partial charge >= 0.3 is 0 Å². The van der Waals surface area contributed by atoms with E-state index < -0.39 is 17.6 Å². The van der Waals surface area contributed by atoms with Crippen molar-refractivity contribution >= 4 is 40.8 Å². The molecule has 1 unspecified atom stereocenters. The Labute approximate surface area is 174 Å². The third-order valence-corrected chi connectivity index (χ3v) is 5.93. The maximum atomic E-state index is 12.8. The maximum absolute atomic E-state index is 12.8. The molecule has 2 saturated heterocycles. The number of carbonyl (C=O) groups is 3. The Hall–Kier alpha value is -1.67. The topological polar surface area (TPSA) is 73.0 Å². The van der Waals surface area contributed by atoms with Crippen molar-refractivity contribution in [3.05, 3.63) is 33.8 Å². The second-order valence-electron chi connectivity index (χ2n) is 7.20. The molecule has 0 bridgehead atoms. The van der Waals surface area contributed by atoms with Crippen molar-refractivity contribution in [2.24, 2.45) is 5.92 Å². The van der Waals surface area contributed by atoms with Gasteiger partial charge in [0.25, 0.3) is 5.91 Å². The number of ketones is 1. The Morgan fingerprint density at radius 3 is 2.57 bits per heavy atom. The van der Waals surface area contributed by atoms with Gasteiger partial charge in [-0.05, 0) is 17.7 Å². The average Bonchev–Trinajstić information content (AvgIpc) is 2.97. The van der Waals surface area contributed by atoms with Crippen LogP contribution in [0.5, 0.6) is 0 Å². The first kappa shape index (κ1) is 21.0. The molecule has 2 fully saturated rings. The zero-order chi connectivity index (χ0) is 20.3. The van der Waals surface area contributed by atoms with Crippen molar-refractivity contribution < 1.29 is 14.4 Å². The minimum atomic E-state index is -0.941. The molecule has 2 amide bonds. The summed E-state index contributed by atoms with van der Waals surface area (Å²) in [6.07, 6.45) is 0. The summed E-state index contributed by atoms with van der Waals surface area (Å²) in [5.74, 6) is -2.47. The number of rotatable bonds is 6. The number of piperazine rings is 1. The van der Waals surface area contributed by atoms with E-state index in [9.17, 15) is 14.4 Å². The third kappa shape index (κ3) is 4.84. The third-order valence-electron chi connectivity index (χ3n) is 5.19. The van der Waals surface area contributed by atoms with E-state index in [-0.39, 0.29) is 19.0 Å². The van der Waals surface area contributed by atoms with Crippen LogP contribution in [-0.2, 0) is 20.9 Å². The van der Waals surface area contributed by atoms with E-state index in [4.69, 9.17) is 23.2 Å². The lowest BCUT2D eigenvalue weighted by Crippen LogP contribution is -2.46. The quantitative estimate of drug-likeness (QED) is 0.539. The van der Waals surface area contributed by atoms with E-state index in [2.05, 4.69) is 10.2 Å². The lowest BCUT2D eigenvalue weighted by Gasteiger charge is -2.29. The highest BCUT2D eigenvalue weighted by molar-refractivity contribution is 6.42. The zero-order valence-corrected chi connectivity index (χ0v) is 17.3. The number of hydrogen-bond acceptors (Lipinski definition) is 5. The highest BCUT2D eigenvalue weighted by Crippen LogP contribution is 2.24. The van der Waals surface area contributed by atoms with Crippen molar-refractivity contribution in [1.82, 2.24) is 20.0 Å². The van der Waals surface area contributed by atoms with Crippen LogP contribution >= 0.6 is 23.2 Å². The molecule has 1 aromatic rings. The number of likely N-dealkylation sites (tertiary alicyclic amines) is 1. The molecule has 1 N–H and O–H groups in total.